The van der Waals surface area contributed by atoms with Gasteiger partial charge in [-0.2, -0.15) is 17.9 Å². The maximum Gasteiger partial charge on any atom is 0.416 e. The molecule has 3 nitrogen and oxygen atoms in total. The van der Waals surface area contributed by atoms with Crippen molar-refractivity contribution in [1.29, 1.82) is 0 Å². The largest absolute Gasteiger partial charge is 0.416 e. The van der Waals surface area contributed by atoms with Gasteiger partial charge in [0.05, 0.1) is 12.1 Å². The second-order valence-electron chi connectivity index (χ2n) is 4.78. The first-order valence-corrected chi connectivity index (χ1v) is 8.19. The van der Waals surface area contributed by atoms with Crippen LogP contribution < -0.4 is 4.72 Å². The van der Waals surface area contributed by atoms with E-state index in [0.29, 0.717) is 12.1 Å². The van der Waals surface area contributed by atoms with Crippen molar-refractivity contribution in [3.63, 3.8) is 0 Å². The number of rotatable bonds is 3. The third-order valence-electron chi connectivity index (χ3n) is 2.96. The summed E-state index contributed by atoms with van der Waals surface area (Å²) >= 11 is 0. The van der Waals surface area contributed by atoms with Gasteiger partial charge in [-0.05, 0) is 36.4 Å². The van der Waals surface area contributed by atoms with Gasteiger partial charge in [-0.15, -0.1) is 0 Å². The summed E-state index contributed by atoms with van der Waals surface area (Å²) in [6, 6.07) is 6.12. The Labute approximate surface area is 140 Å². The zero-order chi connectivity index (χ0) is 18.7. The van der Waals surface area contributed by atoms with E-state index in [1.807, 2.05) is 4.72 Å². The SMILES string of the molecule is O=S(=O)(NCC#Cc1cccc(C(F)(F)F)c1)c1cc(F)ccc1F. The van der Waals surface area contributed by atoms with Crippen LogP contribution in [0.2, 0.25) is 0 Å². The maximum absolute atomic E-state index is 13.5. The molecule has 0 fully saturated rings. The Hall–Kier alpha value is -2.44. The fourth-order valence-corrected chi connectivity index (χ4v) is 2.82. The highest BCUT2D eigenvalue weighted by atomic mass is 32.2. The molecule has 0 atom stereocenters. The Bertz CT molecular complexity index is 943. The number of halogens is 5. The van der Waals surface area contributed by atoms with Crippen LogP contribution in [0.1, 0.15) is 11.1 Å². The second kappa shape index (κ2) is 7.21. The van der Waals surface area contributed by atoms with Crippen molar-refractivity contribution in [2.24, 2.45) is 0 Å². The molecule has 0 radical (unpaired) electrons. The van der Waals surface area contributed by atoms with Crippen molar-refractivity contribution in [2.75, 3.05) is 6.54 Å². The van der Waals surface area contributed by atoms with Gasteiger partial charge in [0.1, 0.15) is 16.5 Å². The molecule has 2 aromatic rings. The molecule has 25 heavy (non-hydrogen) atoms. The lowest BCUT2D eigenvalue weighted by atomic mass is 10.1. The third-order valence-corrected chi connectivity index (χ3v) is 4.37. The van der Waals surface area contributed by atoms with E-state index in [4.69, 9.17) is 0 Å². The minimum Gasteiger partial charge on any atom is -0.207 e. The summed E-state index contributed by atoms with van der Waals surface area (Å²) in [7, 11) is -4.35. The molecule has 0 bridgehead atoms. The summed E-state index contributed by atoms with van der Waals surface area (Å²) < 4.78 is 89.9. The molecule has 0 saturated carbocycles. The fourth-order valence-electron chi connectivity index (χ4n) is 1.81. The van der Waals surface area contributed by atoms with Crippen LogP contribution >= 0.6 is 0 Å². The molecule has 2 rings (SSSR count). The van der Waals surface area contributed by atoms with Gasteiger partial charge in [0.25, 0.3) is 0 Å². The monoisotopic (exact) mass is 375 g/mol. The average molecular weight is 375 g/mol. The van der Waals surface area contributed by atoms with Gasteiger partial charge in [-0.25, -0.2) is 17.2 Å². The third kappa shape index (κ3) is 5.01. The van der Waals surface area contributed by atoms with Crippen LogP contribution in [0.5, 0.6) is 0 Å². The first kappa shape index (κ1) is 18.9. The van der Waals surface area contributed by atoms with Gasteiger partial charge in [-0.1, -0.05) is 17.9 Å². The number of hydrogen-bond acceptors (Lipinski definition) is 2. The number of nitrogens with one attached hydrogen (secondary N) is 1. The molecular formula is C16H10F5NO2S. The van der Waals surface area contributed by atoms with E-state index in [9.17, 15) is 30.4 Å². The summed E-state index contributed by atoms with van der Waals surface area (Å²) in [6.07, 6.45) is -4.52. The fraction of sp³-hybridized carbons (Fsp3) is 0.125. The molecule has 0 heterocycles. The highest BCUT2D eigenvalue weighted by molar-refractivity contribution is 7.89. The zero-order valence-corrected chi connectivity index (χ0v) is 13.2. The predicted octanol–water partition coefficient (Wildman–Crippen LogP) is 3.31. The molecule has 0 aliphatic heterocycles. The number of hydrogen-bond donors (Lipinski definition) is 1. The Morgan fingerprint density at radius 3 is 2.44 bits per heavy atom. The van der Waals surface area contributed by atoms with Gasteiger partial charge in [0.2, 0.25) is 10.0 Å². The van der Waals surface area contributed by atoms with Crippen molar-refractivity contribution in [1.82, 2.24) is 4.72 Å². The van der Waals surface area contributed by atoms with Gasteiger partial charge in [-0.3, -0.25) is 0 Å². The summed E-state index contributed by atoms with van der Waals surface area (Å²) in [4.78, 5) is -0.881. The van der Waals surface area contributed by atoms with Crippen LogP contribution in [-0.2, 0) is 16.2 Å². The van der Waals surface area contributed by atoms with Crippen molar-refractivity contribution in [3.8, 4) is 11.8 Å². The molecule has 9 heteroatoms. The normalized spacial score (nSPS) is 11.7. The summed E-state index contributed by atoms with van der Waals surface area (Å²) in [5.41, 5.74) is -0.854. The molecule has 0 aromatic heterocycles. The van der Waals surface area contributed by atoms with Gasteiger partial charge in [0, 0.05) is 5.56 Å². The highest BCUT2D eigenvalue weighted by Crippen LogP contribution is 2.29. The molecule has 0 spiro atoms. The quantitative estimate of drug-likeness (QED) is 0.661. The van der Waals surface area contributed by atoms with Crippen LogP contribution in [0.3, 0.4) is 0 Å². The number of sulfonamides is 1. The van der Waals surface area contributed by atoms with E-state index >= 15 is 0 Å². The maximum atomic E-state index is 13.5. The van der Waals surface area contributed by atoms with E-state index in [1.54, 1.807) is 0 Å². The lowest BCUT2D eigenvalue weighted by molar-refractivity contribution is -0.137. The predicted molar refractivity (Wildman–Crippen MR) is 79.9 cm³/mol. The minimum atomic E-state index is -4.52. The number of benzene rings is 2. The second-order valence-corrected chi connectivity index (χ2v) is 6.52. The van der Waals surface area contributed by atoms with E-state index in [-0.39, 0.29) is 5.56 Å². The van der Waals surface area contributed by atoms with E-state index in [2.05, 4.69) is 11.8 Å². The molecular weight excluding hydrogens is 365 g/mol. The summed E-state index contributed by atoms with van der Waals surface area (Å²) in [6.45, 7) is -0.492. The van der Waals surface area contributed by atoms with E-state index in [0.717, 1.165) is 18.2 Å². The Kier molecular flexibility index (Phi) is 5.45. The van der Waals surface area contributed by atoms with Gasteiger partial charge >= 0.3 is 6.18 Å². The molecule has 0 unspecified atom stereocenters. The highest BCUT2D eigenvalue weighted by Gasteiger charge is 2.30. The van der Waals surface area contributed by atoms with Crippen LogP contribution in [0.25, 0.3) is 0 Å². The van der Waals surface area contributed by atoms with Crippen LogP contribution in [0.15, 0.2) is 47.4 Å². The molecule has 0 aliphatic rings. The first-order valence-electron chi connectivity index (χ1n) is 6.70. The van der Waals surface area contributed by atoms with E-state index in [1.165, 1.54) is 12.1 Å². The van der Waals surface area contributed by atoms with Crippen LogP contribution in [-0.4, -0.2) is 15.0 Å². The lowest BCUT2D eigenvalue weighted by Gasteiger charge is -2.06. The first-order chi connectivity index (χ1) is 11.6. The van der Waals surface area contributed by atoms with Crippen molar-refractivity contribution >= 4 is 10.0 Å². The average Bonchev–Trinajstić information content (AvgIpc) is 2.53. The topological polar surface area (TPSA) is 46.2 Å². The molecule has 0 amide bonds. The summed E-state index contributed by atoms with van der Waals surface area (Å²) in [5.74, 6) is 2.61. The molecule has 2 aromatic carbocycles. The van der Waals surface area contributed by atoms with E-state index < -0.39 is 44.8 Å². The lowest BCUT2D eigenvalue weighted by Crippen LogP contribution is -2.25. The summed E-state index contributed by atoms with van der Waals surface area (Å²) in [5, 5.41) is 0. The Morgan fingerprint density at radius 1 is 1.04 bits per heavy atom. The zero-order valence-electron chi connectivity index (χ0n) is 12.4. The molecule has 0 saturated heterocycles. The smallest absolute Gasteiger partial charge is 0.207 e. The van der Waals surface area contributed by atoms with Crippen LogP contribution in [0, 0.1) is 23.5 Å². The van der Waals surface area contributed by atoms with Crippen molar-refractivity contribution in [3.05, 3.63) is 65.2 Å². The molecule has 1 N–H and O–H groups in total. The van der Waals surface area contributed by atoms with Crippen molar-refractivity contribution in [2.45, 2.75) is 11.1 Å². The molecule has 132 valence electrons. The van der Waals surface area contributed by atoms with Crippen LogP contribution in [0.4, 0.5) is 22.0 Å². The minimum absolute atomic E-state index is 0.0333. The molecule has 0 aliphatic carbocycles. The Morgan fingerprint density at radius 2 is 1.76 bits per heavy atom. The standard InChI is InChI=1S/C16H10F5NO2S/c17-13-6-7-14(18)15(10-13)25(23,24)22-8-2-4-11-3-1-5-12(9-11)16(19,20)21/h1,3,5-7,9-10,22H,8H2. The van der Waals surface area contributed by atoms with Crippen molar-refractivity contribution < 1.29 is 30.4 Å². The number of alkyl halides is 3. The van der Waals surface area contributed by atoms with Gasteiger partial charge in [0.15, 0.2) is 0 Å². The van der Waals surface area contributed by atoms with Gasteiger partial charge < -0.3 is 0 Å². The Balaban J connectivity index is 2.11.